The molecule has 0 aliphatic carbocycles. The van der Waals surface area contributed by atoms with Crippen LogP contribution in [0.3, 0.4) is 0 Å². The van der Waals surface area contributed by atoms with E-state index in [1.54, 1.807) is 59.5 Å². The SMILES string of the molecule is N#Cc1ccc(N2CCC(N)C2=O)cc1.O=C(O)C(O)c1ccccc1. The maximum Gasteiger partial charge on any atom is 0.337 e. The molecule has 0 radical (unpaired) electrons. The maximum atomic E-state index is 11.6. The second-order valence-corrected chi connectivity index (χ2v) is 5.70. The maximum absolute atomic E-state index is 11.6. The smallest absolute Gasteiger partial charge is 0.337 e. The Hall–Kier alpha value is -3.21. The summed E-state index contributed by atoms with van der Waals surface area (Å²) in [5.74, 6) is -1.27. The number of carbonyl (C=O) groups is 2. The molecule has 0 spiro atoms. The van der Waals surface area contributed by atoms with Crippen LogP contribution >= 0.6 is 0 Å². The van der Waals surface area contributed by atoms with Crippen LogP contribution in [0.25, 0.3) is 0 Å². The molecule has 26 heavy (non-hydrogen) atoms. The van der Waals surface area contributed by atoms with Crippen LogP contribution in [-0.4, -0.2) is 34.7 Å². The number of carboxylic acid groups (broad SMARTS) is 1. The van der Waals surface area contributed by atoms with Crippen molar-refractivity contribution in [1.82, 2.24) is 0 Å². The second kappa shape index (κ2) is 8.76. The normalized spacial score (nSPS) is 17.0. The van der Waals surface area contributed by atoms with E-state index in [0.717, 1.165) is 5.69 Å². The van der Waals surface area contributed by atoms with Crippen LogP contribution in [0.2, 0.25) is 0 Å². The number of carbonyl (C=O) groups excluding carboxylic acids is 1. The van der Waals surface area contributed by atoms with Crippen molar-refractivity contribution in [3.05, 3.63) is 65.7 Å². The minimum absolute atomic E-state index is 0.0419. The number of rotatable bonds is 3. The summed E-state index contributed by atoms with van der Waals surface area (Å²) < 4.78 is 0. The van der Waals surface area contributed by atoms with Crippen molar-refractivity contribution in [2.75, 3.05) is 11.4 Å². The summed E-state index contributed by atoms with van der Waals surface area (Å²) in [7, 11) is 0. The van der Waals surface area contributed by atoms with Gasteiger partial charge in [-0.2, -0.15) is 5.26 Å². The van der Waals surface area contributed by atoms with Gasteiger partial charge in [0.2, 0.25) is 5.91 Å². The molecule has 2 atom stereocenters. The van der Waals surface area contributed by atoms with Gasteiger partial charge in [0, 0.05) is 12.2 Å². The summed E-state index contributed by atoms with van der Waals surface area (Å²) in [6, 6.07) is 16.9. The fourth-order valence-corrected chi connectivity index (χ4v) is 2.45. The Morgan fingerprint density at radius 1 is 1.19 bits per heavy atom. The lowest BCUT2D eigenvalue weighted by Gasteiger charge is -2.15. The third kappa shape index (κ3) is 4.66. The highest BCUT2D eigenvalue weighted by Gasteiger charge is 2.29. The number of hydrogen-bond donors (Lipinski definition) is 3. The lowest BCUT2D eigenvalue weighted by molar-refractivity contribution is -0.146. The number of anilines is 1. The van der Waals surface area contributed by atoms with Crippen molar-refractivity contribution in [1.29, 1.82) is 5.26 Å². The van der Waals surface area contributed by atoms with E-state index in [0.29, 0.717) is 24.1 Å². The highest BCUT2D eigenvalue weighted by Crippen LogP contribution is 2.20. The molecule has 1 fully saturated rings. The summed E-state index contributed by atoms with van der Waals surface area (Å²) in [5.41, 5.74) is 7.43. The number of benzene rings is 2. The van der Waals surface area contributed by atoms with E-state index in [9.17, 15) is 9.59 Å². The number of hydrogen-bond acceptors (Lipinski definition) is 5. The molecule has 2 aromatic carbocycles. The van der Waals surface area contributed by atoms with Crippen LogP contribution < -0.4 is 10.6 Å². The van der Waals surface area contributed by atoms with Gasteiger partial charge in [-0.05, 0) is 36.2 Å². The number of carboxylic acids is 1. The molecule has 1 aliphatic heterocycles. The van der Waals surface area contributed by atoms with Gasteiger partial charge in [-0.15, -0.1) is 0 Å². The zero-order valence-electron chi connectivity index (χ0n) is 13.9. The molecule has 134 valence electrons. The zero-order chi connectivity index (χ0) is 19.1. The van der Waals surface area contributed by atoms with Gasteiger partial charge < -0.3 is 20.8 Å². The Kier molecular flexibility index (Phi) is 6.44. The van der Waals surface area contributed by atoms with Crippen molar-refractivity contribution in [2.45, 2.75) is 18.6 Å². The van der Waals surface area contributed by atoms with E-state index < -0.39 is 12.1 Å². The van der Waals surface area contributed by atoms with Crippen molar-refractivity contribution >= 4 is 17.6 Å². The molecule has 1 heterocycles. The lowest BCUT2D eigenvalue weighted by Crippen LogP contribution is -2.33. The van der Waals surface area contributed by atoms with Gasteiger partial charge in [0.05, 0.1) is 17.7 Å². The molecule has 1 saturated heterocycles. The largest absolute Gasteiger partial charge is 0.479 e. The minimum atomic E-state index is -1.41. The Labute approximate surface area is 150 Å². The molecule has 2 unspecified atom stereocenters. The number of nitriles is 1. The molecular formula is C19H19N3O4. The van der Waals surface area contributed by atoms with Gasteiger partial charge >= 0.3 is 5.97 Å². The molecule has 0 aromatic heterocycles. The van der Waals surface area contributed by atoms with E-state index in [-0.39, 0.29) is 11.9 Å². The number of aliphatic hydroxyl groups is 1. The fraction of sp³-hybridized carbons (Fsp3) is 0.211. The third-order valence-electron chi connectivity index (χ3n) is 3.90. The van der Waals surface area contributed by atoms with E-state index in [4.69, 9.17) is 21.2 Å². The first kappa shape index (κ1) is 19.1. The van der Waals surface area contributed by atoms with E-state index in [1.807, 2.05) is 6.07 Å². The molecule has 4 N–H and O–H groups in total. The summed E-state index contributed by atoms with van der Waals surface area (Å²) in [6.45, 7) is 0.659. The first-order valence-corrected chi connectivity index (χ1v) is 7.97. The van der Waals surface area contributed by atoms with Gasteiger partial charge in [0.1, 0.15) is 0 Å². The number of aliphatic carboxylic acids is 1. The third-order valence-corrected chi connectivity index (χ3v) is 3.90. The average Bonchev–Trinajstić information content (AvgIpc) is 3.01. The predicted octanol–water partition coefficient (Wildman–Crippen LogP) is 1.43. The van der Waals surface area contributed by atoms with Gasteiger partial charge in [-0.3, -0.25) is 4.79 Å². The standard InChI is InChI=1S/C11H11N3O.C8H8O3/c12-7-8-1-3-9(4-2-8)14-6-5-10(13)11(14)15;9-7(8(10)11)6-4-2-1-3-5-6/h1-4,10H,5-6,13H2;1-5,7,9H,(H,10,11). The minimum Gasteiger partial charge on any atom is -0.479 e. The Morgan fingerprint density at radius 3 is 2.27 bits per heavy atom. The predicted molar refractivity (Wildman–Crippen MR) is 95.1 cm³/mol. The second-order valence-electron chi connectivity index (χ2n) is 5.70. The topological polar surface area (TPSA) is 128 Å². The number of amides is 1. The van der Waals surface area contributed by atoms with Gasteiger partial charge in [-0.1, -0.05) is 30.3 Å². The summed E-state index contributed by atoms with van der Waals surface area (Å²) in [5, 5.41) is 26.0. The number of nitrogens with zero attached hydrogens (tertiary/aromatic N) is 2. The Bertz CT molecular complexity index is 800. The molecule has 2 aromatic rings. The summed E-state index contributed by atoms with van der Waals surface area (Å²) in [6.07, 6.45) is -0.713. The molecule has 0 saturated carbocycles. The molecule has 7 heteroatoms. The Morgan fingerprint density at radius 2 is 1.81 bits per heavy atom. The van der Waals surface area contributed by atoms with E-state index in [1.165, 1.54) is 0 Å². The van der Waals surface area contributed by atoms with Crippen LogP contribution in [0.4, 0.5) is 5.69 Å². The fourth-order valence-electron chi connectivity index (χ4n) is 2.45. The Balaban J connectivity index is 0.000000197. The van der Waals surface area contributed by atoms with Crippen LogP contribution in [0.15, 0.2) is 54.6 Å². The summed E-state index contributed by atoms with van der Waals surface area (Å²) >= 11 is 0. The van der Waals surface area contributed by atoms with Crippen molar-refractivity contribution in [3.63, 3.8) is 0 Å². The molecule has 1 aliphatic rings. The van der Waals surface area contributed by atoms with Crippen LogP contribution in [-0.2, 0) is 9.59 Å². The van der Waals surface area contributed by atoms with Crippen LogP contribution in [0.5, 0.6) is 0 Å². The highest BCUT2D eigenvalue weighted by atomic mass is 16.4. The molecule has 1 amide bonds. The number of aliphatic hydroxyl groups excluding tert-OH is 1. The van der Waals surface area contributed by atoms with Crippen molar-refractivity contribution < 1.29 is 19.8 Å². The van der Waals surface area contributed by atoms with Gasteiger partial charge in [0.25, 0.3) is 0 Å². The molecule has 3 rings (SSSR count). The zero-order valence-corrected chi connectivity index (χ0v) is 13.9. The molecule has 7 nitrogen and oxygen atoms in total. The number of nitrogens with two attached hydrogens (primary N) is 1. The first-order valence-electron chi connectivity index (χ1n) is 7.97. The lowest BCUT2D eigenvalue weighted by atomic mass is 10.1. The monoisotopic (exact) mass is 353 g/mol. The molecule has 0 bridgehead atoms. The van der Waals surface area contributed by atoms with Crippen LogP contribution in [0.1, 0.15) is 23.7 Å². The average molecular weight is 353 g/mol. The quantitative estimate of drug-likeness (QED) is 0.766. The first-order chi connectivity index (χ1) is 12.4. The summed E-state index contributed by atoms with van der Waals surface area (Å²) in [4.78, 5) is 23.5. The van der Waals surface area contributed by atoms with Gasteiger partial charge in [0.15, 0.2) is 6.10 Å². The van der Waals surface area contributed by atoms with Crippen molar-refractivity contribution in [2.24, 2.45) is 5.73 Å². The molecular weight excluding hydrogens is 334 g/mol. The van der Waals surface area contributed by atoms with Gasteiger partial charge in [-0.25, -0.2) is 4.79 Å². The van der Waals surface area contributed by atoms with Crippen molar-refractivity contribution in [3.8, 4) is 6.07 Å². The van der Waals surface area contributed by atoms with E-state index in [2.05, 4.69) is 0 Å². The van der Waals surface area contributed by atoms with E-state index >= 15 is 0 Å². The highest BCUT2D eigenvalue weighted by molar-refractivity contribution is 5.99. The van der Waals surface area contributed by atoms with Crippen LogP contribution in [0, 0.1) is 11.3 Å².